The molecule has 0 fully saturated rings. The van der Waals surface area contributed by atoms with Crippen LogP contribution in [0.2, 0.25) is 0 Å². The molecule has 1 aliphatic heterocycles. The molecule has 0 N–H and O–H groups in total. The third kappa shape index (κ3) is 2.11. The zero-order chi connectivity index (χ0) is 12.3. The topological polar surface area (TPSA) is 44.8 Å². The van der Waals surface area contributed by atoms with E-state index in [0.717, 1.165) is 6.42 Å². The van der Waals surface area contributed by atoms with Gasteiger partial charge in [0.15, 0.2) is 17.3 Å². The lowest BCUT2D eigenvalue weighted by Crippen LogP contribution is -2.07. The van der Waals surface area contributed by atoms with Gasteiger partial charge in [-0.2, -0.15) is 0 Å². The Hall–Kier alpha value is -1.97. The van der Waals surface area contributed by atoms with E-state index < -0.39 is 0 Å². The van der Waals surface area contributed by atoms with Crippen molar-refractivity contribution in [1.82, 2.24) is 0 Å². The minimum absolute atomic E-state index is 0.168. The van der Waals surface area contributed by atoms with Crippen molar-refractivity contribution in [3.05, 3.63) is 35.6 Å². The Morgan fingerprint density at radius 1 is 1.29 bits per heavy atom. The van der Waals surface area contributed by atoms with Crippen LogP contribution in [0.15, 0.2) is 30.0 Å². The van der Waals surface area contributed by atoms with E-state index in [-0.39, 0.29) is 5.78 Å². The summed E-state index contributed by atoms with van der Waals surface area (Å²) in [6, 6.07) is 5.20. The molecule has 0 spiro atoms. The second-order valence-corrected chi connectivity index (χ2v) is 3.58. The maximum absolute atomic E-state index is 12.2. The lowest BCUT2D eigenvalue weighted by atomic mass is 10.1. The van der Waals surface area contributed by atoms with E-state index >= 15 is 0 Å². The average molecular weight is 234 g/mol. The average Bonchev–Trinajstić information content (AvgIpc) is 2.90. The van der Waals surface area contributed by atoms with Crippen LogP contribution in [-0.2, 0) is 4.74 Å². The van der Waals surface area contributed by atoms with Crippen molar-refractivity contribution in [2.24, 2.45) is 0 Å². The van der Waals surface area contributed by atoms with Crippen molar-refractivity contribution >= 4 is 5.78 Å². The van der Waals surface area contributed by atoms with Gasteiger partial charge in [-0.1, -0.05) is 6.07 Å². The van der Waals surface area contributed by atoms with Gasteiger partial charge in [-0.3, -0.25) is 4.79 Å². The molecule has 17 heavy (non-hydrogen) atoms. The van der Waals surface area contributed by atoms with E-state index in [0.29, 0.717) is 29.4 Å². The van der Waals surface area contributed by atoms with Crippen molar-refractivity contribution in [3.8, 4) is 11.5 Å². The van der Waals surface area contributed by atoms with Crippen molar-refractivity contribution in [2.45, 2.75) is 6.42 Å². The minimum atomic E-state index is -0.168. The van der Waals surface area contributed by atoms with E-state index in [9.17, 15) is 4.79 Å². The molecule has 0 radical (unpaired) electrons. The van der Waals surface area contributed by atoms with Gasteiger partial charge in [0, 0.05) is 6.42 Å². The van der Waals surface area contributed by atoms with Gasteiger partial charge in [-0.05, 0) is 18.2 Å². The summed E-state index contributed by atoms with van der Waals surface area (Å²) in [4.78, 5) is 12.2. The molecular formula is C13H14O4. The van der Waals surface area contributed by atoms with E-state index in [1.54, 1.807) is 24.3 Å². The molecule has 1 aliphatic rings. The van der Waals surface area contributed by atoms with Crippen molar-refractivity contribution < 1.29 is 19.0 Å². The minimum Gasteiger partial charge on any atom is -0.493 e. The van der Waals surface area contributed by atoms with E-state index in [1.807, 2.05) is 0 Å². The number of allylic oxidation sites excluding steroid dienone is 1. The van der Waals surface area contributed by atoms with Crippen LogP contribution in [-0.4, -0.2) is 26.6 Å². The summed E-state index contributed by atoms with van der Waals surface area (Å²) in [6.07, 6.45) is 2.56. The van der Waals surface area contributed by atoms with E-state index in [1.165, 1.54) is 14.2 Å². The lowest BCUT2D eigenvalue weighted by molar-refractivity contribution is 0.0938. The Morgan fingerprint density at radius 2 is 2.12 bits per heavy atom. The molecule has 0 atom stereocenters. The fourth-order valence-electron chi connectivity index (χ4n) is 1.77. The molecule has 1 aromatic rings. The summed E-state index contributed by atoms with van der Waals surface area (Å²) >= 11 is 0. The van der Waals surface area contributed by atoms with Crippen LogP contribution >= 0.6 is 0 Å². The molecule has 0 bridgehead atoms. The van der Waals surface area contributed by atoms with Crippen LogP contribution in [0, 0.1) is 0 Å². The van der Waals surface area contributed by atoms with Gasteiger partial charge in [-0.15, -0.1) is 0 Å². The first-order chi connectivity index (χ1) is 8.27. The molecule has 0 aliphatic carbocycles. The Kier molecular flexibility index (Phi) is 3.32. The predicted molar refractivity (Wildman–Crippen MR) is 62.5 cm³/mol. The molecule has 4 nitrogen and oxygen atoms in total. The smallest absolute Gasteiger partial charge is 0.231 e. The lowest BCUT2D eigenvalue weighted by Gasteiger charge is -2.11. The summed E-state index contributed by atoms with van der Waals surface area (Å²) < 4.78 is 15.6. The number of methoxy groups -OCH3 is 2. The van der Waals surface area contributed by atoms with Crippen LogP contribution in [0.5, 0.6) is 11.5 Å². The first kappa shape index (κ1) is 11.5. The SMILES string of the molecule is COc1cccc(C(=O)C2=CCCO2)c1OC. The highest BCUT2D eigenvalue weighted by Crippen LogP contribution is 2.32. The van der Waals surface area contributed by atoms with Gasteiger partial charge in [0.05, 0.1) is 26.4 Å². The van der Waals surface area contributed by atoms with Crippen LogP contribution < -0.4 is 9.47 Å². The molecule has 0 saturated heterocycles. The van der Waals surface area contributed by atoms with Gasteiger partial charge in [0.1, 0.15) is 0 Å². The monoisotopic (exact) mass is 234 g/mol. The highest BCUT2D eigenvalue weighted by Gasteiger charge is 2.22. The zero-order valence-corrected chi connectivity index (χ0v) is 9.86. The Morgan fingerprint density at radius 3 is 2.71 bits per heavy atom. The second kappa shape index (κ2) is 4.91. The van der Waals surface area contributed by atoms with Crippen molar-refractivity contribution in [1.29, 1.82) is 0 Å². The number of carbonyl (C=O) groups is 1. The largest absolute Gasteiger partial charge is 0.493 e. The summed E-state index contributed by atoms with van der Waals surface area (Å²) in [5.74, 6) is 1.20. The van der Waals surface area contributed by atoms with Gasteiger partial charge < -0.3 is 14.2 Å². The second-order valence-electron chi connectivity index (χ2n) is 3.58. The van der Waals surface area contributed by atoms with Crippen LogP contribution in [0.1, 0.15) is 16.8 Å². The summed E-state index contributed by atoms with van der Waals surface area (Å²) in [5, 5.41) is 0. The number of rotatable bonds is 4. The molecule has 90 valence electrons. The molecule has 0 unspecified atom stereocenters. The van der Waals surface area contributed by atoms with E-state index in [2.05, 4.69) is 0 Å². The fraction of sp³-hybridized carbons (Fsp3) is 0.308. The summed E-state index contributed by atoms with van der Waals surface area (Å²) in [7, 11) is 3.05. The van der Waals surface area contributed by atoms with Crippen molar-refractivity contribution in [2.75, 3.05) is 20.8 Å². The number of para-hydroxylation sites is 1. The maximum Gasteiger partial charge on any atom is 0.231 e. The predicted octanol–water partition coefficient (Wildman–Crippen LogP) is 2.19. The number of hydrogen-bond acceptors (Lipinski definition) is 4. The molecule has 0 amide bonds. The normalized spacial score (nSPS) is 13.9. The van der Waals surface area contributed by atoms with Crippen molar-refractivity contribution in [3.63, 3.8) is 0 Å². The first-order valence-corrected chi connectivity index (χ1v) is 5.36. The number of hydrogen-bond donors (Lipinski definition) is 0. The Bertz CT molecular complexity index is 462. The third-order valence-corrected chi connectivity index (χ3v) is 2.58. The van der Waals surface area contributed by atoms with Crippen LogP contribution in [0.3, 0.4) is 0 Å². The first-order valence-electron chi connectivity index (χ1n) is 5.36. The van der Waals surface area contributed by atoms with Gasteiger partial charge in [-0.25, -0.2) is 0 Å². The quantitative estimate of drug-likeness (QED) is 0.749. The zero-order valence-electron chi connectivity index (χ0n) is 9.86. The molecule has 1 heterocycles. The summed E-state index contributed by atoms with van der Waals surface area (Å²) in [6.45, 7) is 0.563. The van der Waals surface area contributed by atoms with Crippen LogP contribution in [0.4, 0.5) is 0 Å². The molecule has 2 rings (SSSR count). The highest BCUT2D eigenvalue weighted by atomic mass is 16.5. The molecule has 0 aromatic heterocycles. The molecule has 4 heteroatoms. The number of ether oxygens (including phenoxy) is 3. The fourth-order valence-corrected chi connectivity index (χ4v) is 1.77. The van der Waals surface area contributed by atoms with Gasteiger partial charge in [0.2, 0.25) is 5.78 Å². The Balaban J connectivity index is 2.40. The molecular weight excluding hydrogens is 220 g/mol. The highest BCUT2D eigenvalue weighted by molar-refractivity contribution is 6.09. The molecule has 1 aromatic carbocycles. The standard InChI is InChI=1S/C13H14O4/c1-15-11-6-3-5-9(13(11)16-2)12(14)10-7-4-8-17-10/h3,5-7H,4,8H2,1-2H3. The van der Waals surface area contributed by atoms with Crippen LogP contribution in [0.25, 0.3) is 0 Å². The number of Topliss-reactive ketones (excluding diaryl/α,β-unsaturated/α-hetero) is 1. The van der Waals surface area contributed by atoms with E-state index in [4.69, 9.17) is 14.2 Å². The number of benzene rings is 1. The maximum atomic E-state index is 12.2. The number of ketones is 1. The Labute approximate surface area is 99.8 Å². The van der Waals surface area contributed by atoms with Gasteiger partial charge >= 0.3 is 0 Å². The molecule has 0 saturated carbocycles. The third-order valence-electron chi connectivity index (χ3n) is 2.58. The number of carbonyl (C=O) groups excluding carboxylic acids is 1. The summed E-state index contributed by atoms with van der Waals surface area (Å²) in [5.41, 5.74) is 0.458. The van der Waals surface area contributed by atoms with Gasteiger partial charge in [0.25, 0.3) is 0 Å².